The van der Waals surface area contributed by atoms with Crippen molar-refractivity contribution in [2.75, 3.05) is 25.5 Å². The van der Waals surface area contributed by atoms with Gasteiger partial charge in [-0.1, -0.05) is 11.6 Å². The lowest BCUT2D eigenvalue weighted by atomic mass is 9.83. The van der Waals surface area contributed by atoms with E-state index in [0.29, 0.717) is 10.8 Å². The highest BCUT2D eigenvalue weighted by Crippen LogP contribution is 2.45. The van der Waals surface area contributed by atoms with Crippen LogP contribution in [0.1, 0.15) is 18.5 Å². The normalized spacial score (nSPS) is 18.8. The minimum Gasteiger partial charge on any atom is -0.495 e. The summed E-state index contributed by atoms with van der Waals surface area (Å²) in [5.74, 6) is 0.711. The molecule has 2 aliphatic rings. The Kier molecular flexibility index (Phi) is 2.91. The summed E-state index contributed by atoms with van der Waals surface area (Å²) in [7, 11) is 1.65. The smallest absolute Gasteiger partial charge is 0.139 e. The molecule has 0 radical (unpaired) electrons. The predicted octanol–water partition coefficient (Wildman–Crippen LogP) is 3.14. The first-order valence-corrected chi connectivity index (χ1v) is 7.66. The van der Waals surface area contributed by atoms with Crippen molar-refractivity contribution in [3.8, 4) is 11.4 Å². The fraction of sp³-hybridized carbons (Fsp3) is 0.375. The minimum atomic E-state index is 0.000586. The van der Waals surface area contributed by atoms with Crippen LogP contribution in [0.5, 0.6) is 5.75 Å². The van der Waals surface area contributed by atoms with Gasteiger partial charge >= 0.3 is 0 Å². The first-order valence-electron chi connectivity index (χ1n) is 7.28. The van der Waals surface area contributed by atoms with Crippen molar-refractivity contribution in [2.45, 2.75) is 18.4 Å². The van der Waals surface area contributed by atoms with Crippen molar-refractivity contribution in [3.05, 3.63) is 41.2 Å². The standard InChI is InChI=1S/C16H18ClN3O/c1-21-14-10-12-13(9-11(14)17)20-8-2-3-15(20)16(19-12)4-6-18-7-5-16/h2-3,8-10,18-19H,4-7H2,1H3. The molecule has 1 spiro atoms. The minimum absolute atomic E-state index is 0.000586. The summed E-state index contributed by atoms with van der Waals surface area (Å²) in [5, 5.41) is 7.83. The average Bonchev–Trinajstić information content (AvgIpc) is 3.00. The van der Waals surface area contributed by atoms with Crippen LogP contribution in [-0.2, 0) is 5.54 Å². The topological polar surface area (TPSA) is 38.2 Å². The predicted molar refractivity (Wildman–Crippen MR) is 84.7 cm³/mol. The molecule has 1 aromatic heterocycles. The Bertz CT molecular complexity index is 689. The van der Waals surface area contributed by atoms with Crippen LogP contribution < -0.4 is 15.4 Å². The SMILES string of the molecule is COc1cc2c(cc1Cl)-n1cccc1C1(CCNCC1)N2. The molecule has 5 heteroatoms. The molecule has 4 rings (SSSR count). The molecule has 4 nitrogen and oxygen atoms in total. The molecule has 2 aliphatic heterocycles. The number of anilines is 1. The summed E-state index contributed by atoms with van der Waals surface area (Å²) in [4.78, 5) is 0. The van der Waals surface area contributed by atoms with Gasteiger partial charge in [0.15, 0.2) is 0 Å². The summed E-state index contributed by atoms with van der Waals surface area (Å²) < 4.78 is 7.62. The third-order valence-corrected chi connectivity index (χ3v) is 4.90. The van der Waals surface area contributed by atoms with E-state index in [9.17, 15) is 0 Å². The van der Waals surface area contributed by atoms with E-state index in [1.165, 1.54) is 5.69 Å². The van der Waals surface area contributed by atoms with Crippen LogP contribution in [0.25, 0.3) is 5.69 Å². The second kappa shape index (κ2) is 4.68. The maximum atomic E-state index is 6.30. The van der Waals surface area contributed by atoms with Gasteiger partial charge in [0.2, 0.25) is 0 Å². The molecule has 21 heavy (non-hydrogen) atoms. The molecule has 1 saturated heterocycles. The van der Waals surface area contributed by atoms with Gasteiger partial charge in [-0.3, -0.25) is 0 Å². The van der Waals surface area contributed by atoms with Gasteiger partial charge in [-0.05, 0) is 44.1 Å². The number of hydrogen-bond acceptors (Lipinski definition) is 3. The number of methoxy groups -OCH3 is 1. The quantitative estimate of drug-likeness (QED) is 0.850. The highest BCUT2D eigenvalue weighted by Gasteiger charge is 2.40. The van der Waals surface area contributed by atoms with Crippen molar-refractivity contribution in [3.63, 3.8) is 0 Å². The Balaban J connectivity index is 1.90. The van der Waals surface area contributed by atoms with Gasteiger partial charge in [0.1, 0.15) is 5.75 Å². The number of aromatic nitrogens is 1. The molecule has 1 fully saturated rings. The zero-order valence-corrected chi connectivity index (χ0v) is 12.7. The molecule has 2 aromatic rings. The van der Waals surface area contributed by atoms with Crippen LogP contribution in [0.3, 0.4) is 0 Å². The number of halogens is 1. The zero-order chi connectivity index (χ0) is 14.4. The number of rotatable bonds is 1. The van der Waals surface area contributed by atoms with E-state index >= 15 is 0 Å². The largest absolute Gasteiger partial charge is 0.495 e. The van der Waals surface area contributed by atoms with E-state index < -0.39 is 0 Å². The number of nitrogens with one attached hydrogen (secondary N) is 2. The van der Waals surface area contributed by atoms with Crippen LogP contribution in [0.2, 0.25) is 5.02 Å². The second-order valence-corrected chi connectivity index (χ2v) is 6.13. The number of ether oxygens (including phenoxy) is 1. The number of nitrogens with zero attached hydrogens (tertiary/aromatic N) is 1. The Morgan fingerprint density at radius 2 is 2.10 bits per heavy atom. The third kappa shape index (κ3) is 1.86. The summed E-state index contributed by atoms with van der Waals surface area (Å²) in [5.41, 5.74) is 3.49. The van der Waals surface area contributed by atoms with E-state index in [-0.39, 0.29) is 5.54 Å². The van der Waals surface area contributed by atoms with E-state index in [4.69, 9.17) is 16.3 Å². The molecular formula is C16H18ClN3O. The maximum absolute atomic E-state index is 6.30. The summed E-state index contributed by atoms with van der Waals surface area (Å²) in [6.45, 7) is 2.05. The molecule has 0 amide bonds. The van der Waals surface area contributed by atoms with Crippen LogP contribution in [0.15, 0.2) is 30.5 Å². The Morgan fingerprint density at radius 1 is 1.29 bits per heavy atom. The fourth-order valence-electron chi connectivity index (χ4n) is 3.54. The third-order valence-electron chi connectivity index (χ3n) is 4.60. The first-order chi connectivity index (χ1) is 10.2. The number of piperidine rings is 1. The van der Waals surface area contributed by atoms with Crippen LogP contribution in [0.4, 0.5) is 5.69 Å². The fourth-order valence-corrected chi connectivity index (χ4v) is 3.77. The Labute approximate surface area is 129 Å². The van der Waals surface area contributed by atoms with Crippen molar-refractivity contribution in [1.82, 2.24) is 9.88 Å². The van der Waals surface area contributed by atoms with Gasteiger partial charge in [0.25, 0.3) is 0 Å². The second-order valence-electron chi connectivity index (χ2n) is 5.72. The summed E-state index contributed by atoms with van der Waals surface area (Å²) >= 11 is 6.30. The van der Waals surface area contributed by atoms with E-state index in [2.05, 4.69) is 33.5 Å². The summed E-state index contributed by atoms with van der Waals surface area (Å²) in [6, 6.07) is 8.29. The van der Waals surface area contributed by atoms with Crippen molar-refractivity contribution in [2.24, 2.45) is 0 Å². The lowest BCUT2D eigenvalue weighted by molar-refractivity contribution is 0.330. The number of fused-ring (bicyclic) bond motifs is 4. The highest BCUT2D eigenvalue weighted by atomic mass is 35.5. The molecular weight excluding hydrogens is 286 g/mol. The van der Waals surface area contributed by atoms with E-state index in [0.717, 1.165) is 37.3 Å². The molecule has 3 heterocycles. The molecule has 0 unspecified atom stereocenters. The molecule has 110 valence electrons. The van der Waals surface area contributed by atoms with E-state index in [1.807, 2.05) is 12.1 Å². The lowest BCUT2D eigenvalue weighted by Gasteiger charge is -2.43. The lowest BCUT2D eigenvalue weighted by Crippen LogP contribution is -2.48. The van der Waals surface area contributed by atoms with Gasteiger partial charge < -0.3 is 19.9 Å². The van der Waals surface area contributed by atoms with Crippen molar-refractivity contribution >= 4 is 17.3 Å². The van der Waals surface area contributed by atoms with Gasteiger partial charge in [-0.2, -0.15) is 0 Å². The van der Waals surface area contributed by atoms with Gasteiger partial charge in [0.05, 0.1) is 29.0 Å². The van der Waals surface area contributed by atoms with E-state index in [1.54, 1.807) is 7.11 Å². The van der Waals surface area contributed by atoms with Crippen molar-refractivity contribution < 1.29 is 4.74 Å². The first kappa shape index (κ1) is 13.0. The van der Waals surface area contributed by atoms with Crippen molar-refractivity contribution in [1.29, 1.82) is 0 Å². The van der Waals surface area contributed by atoms with Crippen LogP contribution >= 0.6 is 11.6 Å². The molecule has 2 N–H and O–H groups in total. The highest BCUT2D eigenvalue weighted by molar-refractivity contribution is 6.32. The Hall–Kier alpha value is -1.65. The average molecular weight is 304 g/mol. The number of hydrogen-bond donors (Lipinski definition) is 2. The van der Waals surface area contributed by atoms with Crippen LogP contribution in [-0.4, -0.2) is 24.8 Å². The summed E-state index contributed by atoms with van der Waals surface area (Å²) in [6.07, 6.45) is 4.25. The van der Waals surface area contributed by atoms with Crippen LogP contribution in [0, 0.1) is 0 Å². The molecule has 0 saturated carbocycles. The Morgan fingerprint density at radius 3 is 2.86 bits per heavy atom. The van der Waals surface area contributed by atoms with Gasteiger partial charge in [0, 0.05) is 18.0 Å². The number of benzene rings is 1. The molecule has 1 aromatic carbocycles. The zero-order valence-electron chi connectivity index (χ0n) is 11.9. The molecule has 0 aliphatic carbocycles. The monoisotopic (exact) mass is 303 g/mol. The molecule has 0 atom stereocenters. The maximum Gasteiger partial charge on any atom is 0.139 e. The van der Waals surface area contributed by atoms with Gasteiger partial charge in [-0.25, -0.2) is 0 Å². The van der Waals surface area contributed by atoms with Gasteiger partial charge in [-0.15, -0.1) is 0 Å². The molecule has 0 bridgehead atoms.